The van der Waals surface area contributed by atoms with Gasteiger partial charge in [0.15, 0.2) is 5.60 Å². The Hall–Kier alpha value is -2.00. The molecule has 8 nitrogen and oxygen atoms in total. The number of amides is 1. The first kappa shape index (κ1) is 20.7. The molecule has 1 aromatic heterocycles. The molecule has 1 unspecified atom stereocenters. The smallest absolute Gasteiger partial charge is 0.271 e. The molecule has 0 radical (unpaired) electrons. The molecule has 2 aliphatic heterocycles. The van der Waals surface area contributed by atoms with Gasteiger partial charge in [-0.1, -0.05) is 24.6 Å². The first-order valence-corrected chi connectivity index (χ1v) is 11.3. The highest BCUT2D eigenvalue weighted by atomic mass is 32.2. The van der Waals surface area contributed by atoms with Crippen molar-refractivity contribution < 1.29 is 18.0 Å². The number of oxime groups is 1. The van der Waals surface area contributed by atoms with E-state index in [-0.39, 0.29) is 18.2 Å². The maximum Gasteiger partial charge on any atom is 0.271 e. The first-order chi connectivity index (χ1) is 13.4. The average molecular weight is 409 g/mol. The van der Waals surface area contributed by atoms with Crippen molar-refractivity contribution in [3.8, 4) is 0 Å². The van der Waals surface area contributed by atoms with Crippen LogP contribution in [0.2, 0.25) is 0 Å². The highest BCUT2D eigenvalue weighted by Crippen LogP contribution is 2.35. The van der Waals surface area contributed by atoms with Crippen molar-refractivity contribution in [2.24, 2.45) is 5.16 Å². The molecule has 1 aromatic rings. The van der Waals surface area contributed by atoms with Gasteiger partial charge in [-0.15, -0.1) is 0 Å². The van der Waals surface area contributed by atoms with Gasteiger partial charge in [0, 0.05) is 26.2 Å². The van der Waals surface area contributed by atoms with Gasteiger partial charge >= 0.3 is 0 Å². The molecule has 0 bridgehead atoms. The van der Waals surface area contributed by atoms with Crippen LogP contribution in [0.4, 0.5) is 0 Å². The zero-order chi connectivity index (χ0) is 20.2. The summed E-state index contributed by atoms with van der Waals surface area (Å²) in [6.07, 6.45) is 4.89. The van der Waals surface area contributed by atoms with Crippen molar-refractivity contribution in [2.45, 2.75) is 51.2 Å². The molecule has 1 amide bonds. The largest absolute Gasteiger partial charge is 0.387 e. The molecule has 1 fully saturated rings. The van der Waals surface area contributed by atoms with Gasteiger partial charge in [0.1, 0.15) is 5.71 Å². The third kappa shape index (κ3) is 4.70. The van der Waals surface area contributed by atoms with Crippen molar-refractivity contribution in [1.29, 1.82) is 0 Å². The average Bonchev–Trinajstić information content (AvgIpc) is 3.09. The second-order valence-corrected chi connectivity index (χ2v) is 9.67. The maximum absolute atomic E-state index is 12.8. The van der Waals surface area contributed by atoms with Crippen LogP contribution in [0.25, 0.3) is 0 Å². The summed E-state index contributed by atoms with van der Waals surface area (Å²) in [7, 11) is -1.60. The summed E-state index contributed by atoms with van der Waals surface area (Å²) in [5.74, 6) is -0.0625. The third-order valence-electron chi connectivity index (χ3n) is 5.21. The van der Waals surface area contributed by atoms with Gasteiger partial charge in [0.25, 0.3) is 5.91 Å². The maximum atomic E-state index is 12.8. The number of hydrogen-bond donors (Lipinski definition) is 0. The molecule has 0 aromatic carbocycles. The molecule has 0 N–H and O–H groups in total. The number of carbonyl (C=O) groups excluding carboxylic acids is 1. The number of aromatic nitrogens is 1. The Morgan fingerprint density at radius 3 is 2.93 bits per heavy atom. The summed E-state index contributed by atoms with van der Waals surface area (Å²) in [5.41, 5.74) is 0.402. The van der Waals surface area contributed by atoms with E-state index in [1.165, 1.54) is 4.31 Å². The standard InChI is InChI=1S/C19H28N4O4S/c1-3-4-12-28(25,26)23-11-7-9-19(15-23)13-17(21-27-19)18(24)22(2)14-16-8-5-6-10-20-16/h5-6,8,10H,3-4,7,9,11-15H2,1-2H3. The topological polar surface area (TPSA) is 92.2 Å². The fourth-order valence-electron chi connectivity index (χ4n) is 3.63. The van der Waals surface area contributed by atoms with Crippen LogP contribution in [-0.2, 0) is 26.2 Å². The van der Waals surface area contributed by atoms with Crippen molar-refractivity contribution >= 4 is 21.6 Å². The van der Waals surface area contributed by atoms with E-state index in [1.807, 2.05) is 25.1 Å². The van der Waals surface area contributed by atoms with Crippen LogP contribution in [0.1, 0.15) is 44.7 Å². The Morgan fingerprint density at radius 1 is 1.39 bits per heavy atom. The highest BCUT2D eigenvalue weighted by molar-refractivity contribution is 7.89. The van der Waals surface area contributed by atoms with E-state index in [1.54, 1.807) is 18.1 Å². The zero-order valence-corrected chi connectivity index (χ0v) is 17.3. The monoisotopic (exact) mass is 408 g/mol. The Kier molecular flexibility index (Phi) is 6.34. The van der Waals surface area contributed by atoms with E-state index in [0.29, 0.717) is 44.5 Å². The Labute approximate surface area is 166 Å². The molecular weight excluding hydrogens is 380 g/mol. The molecule has 28 heavy (non-hydrogen) atoms. The second kappa shape index (κ2) is 8.57. The summed E-state index contributed by atoms with van der Waals surface area (Å²) in [4.78, 5) is 24.2. The lowest BCUT2D eigenvalue weighted by Crippen LogP contribution is -2.51. The van der Waals surface area contributed by atoms with E-state index in [2.05, 4.69) is 10.1 Å². The van der Waals surface area contributed by atoms with Crippen LogP contribution in [0.15, 0.2) is 29.6 Å². The second-order valence-electron chi connectivity index (χ2n) is 7.58. The van der Waals surface area contributed by atoms with E-state index in [0.717, 1.165) is 12.1 Å². The third-order valence-corrected chi connectivity index (χ3v) is 7.11. The van der Waals surface area contributed by atoms with Crippen molar-refractivity contribution in [1.82, 2.24) is 14.2 Å². The normalized spacial score (nSPS) is 22.7. The van der Waals surface area contributed by atoms with E-state index >= 15 is 0 Å². The van der Waals surface area contributed by atoms with Crippen molar-refractivity contribution in [2.75, 3.05) is 25.9 Å². The van der Waals surface area contributed by atoms with Gasteiger partial charge in [-0.05, 0) is 31.4 Å². The van der Waals surface area contributed by atoms with Gasteiger partial charge in [0.2, 0.25) is 10.0 Å². The number of unbranched alkanes of at least 4 members (excludes halogenated alkanes) is 1. The summed E-state index contributed by atoms with van der Waals surface area (Å²) in [6, 6.07) is 5.56. The molecular formula is C19H28N4O4S. The Bertz CT molecular complexity index is 828. The van der Waals surface area contributed by atoms with Crippen LogP contribution >= 0.6 is 0 Å². The van der Waals surface area contributed by atoms with Gasteiger partial charge in [-0.25, -0.2) is 8.42 Å². The zero-order valence-electron chi connectivity index (χ0n) is 16.5. The van der Waals surface area contributed by atoms with Gasteiger partial charge in [0.05, 0.1) is 24.5 Å². The molecule has 2 aliphatic rings. The number of rotatable bonds is 7. The summed E-state index contributed by atoms with van der Waals surface area (Å²) >= 11 is 0. The SMILES string of the molecule is CCCCS(=O)(=O)N1CCCC2(CC(C(=O)N(C)Cc3ccccn3)=NO2)C1. The van der Waals surface area contributed by atoms with Crippen LogP contribution in [0.5, 0.6) is 0 Å². The number of carbonyl (C=O) groups is 1. The van der Waals surface area contributed by atoms with Crippen LogP contribution in [0, 0.1) is 0 Å². The highest BCUT2D eigenvalue weighted by Gasteiger charge is 2.47. The van der Waals surface area contributed by atoms with Crippen molar-refractivity contribution in [3.63, 3.8) is 0 Å². The lowest BCUT2D eigenvalue weighted by molar-refractivity contribution is -0.123. The summed E-state index contributed by atoms with van der Waals surface area (Å²) < 4.78 is 26.6. The lowest BCUT2D eigenvalue weighted by atomic mass is 9.89. The Balaban J connectivity index is 1.62. The van der Waals surface area contributed by atoms with Gasteiger partial charge < -0.3 is 9.74 Å². The van der Waals surface area contributed by atoms with E-state index < -0.39 is 15.6 Å². The number of pyridine rings is 1. The van der Waals surface area contributed by atoms with E-state index in [9.17, 15) is 13.2 Å². The molecule has 3 heterocycles. The number of sulfonamides is 1. The number of hydrogen-bond acceptors (Lipinski definition) is 6. The minimum Gasteiger partial charge on any atom is -0.387 e. The van der Waals surface area contributed by atoms with Gasteiger partial charge in [-0.2, -0.15) is 4.31 Å². The summed E-state index contributed by atoms with van der Waals surface area (Å²) in [6.45, 7) is 3.10. The summed E-state index contributed by atoms with van der Waals surface area (Å²) in [5, 5.41) is 4.04. The molecule has 0 saturated carbocycles. The lowest BCUT2D eigenvalue weighted by Gasteiger charge is -2.37. The fraction of sp³-hybridized carbons (Fsp3) is 0.632. The molecule has 1 atom stereocenters. The predicted octanol–water partition coefficient (Wildman–Crippen LogP) is 1.78. The fourth-order valence-corrected chi connectivity index (χ4v) is 5.38. The van der Waals surface area contributed by atoms with Crippen molar-refractivity contribution in [3.05, 3.63) is 30.1 Å². The van der Waals surface area contributed by atoms with E-state index in [4.69, 9.17) is 4.84 Å². The minimum absolute atomic E-state index is 0.152. The Morgan fingerprint density at radius 2 is 2.21 bits per heavy atom. The number of piperidine rings is 1. The molecule has 154 valence electrons. The minimum atomic E-state index is -3.30. The molecule has 9 heteroatoms. The molecule has 1 saturated heterocycles. The van der Waals surface area contributed by atoms with Crippen LogP contribution in [0.3, 0.4) is 0 Å². The predicted molar refractivity (Wildman–Crippen MR) is 106 cm³/mol. The molecule has 3 rings (SSSR count). The first-order valence-electron chi connectivity index (χ1n) is 9.73. The quantitative estimate of drug-likeness (QED) is 0.686. The van der Waals surface area contributed by atoms with Gasteiger partial charge in [-0.3, -0.25) is 9.78 Å². The molecule has 0 aliphatic carbocycles. The number of nitrogens with zero attached hydrogens (tertiary/aromatic N) is 4. The van der Waals surface area contributed by atoms with Crippen LogP contribution in [-0.4, -0.2) is 65.7 Å². The molecule has 1 spiro atoms. The van der Waals surface area contributed by atoms with Crippen LogP contribution < -0.4 is 0 Å².